The summed E-state index contributed by atoms with van der Waals surface area (Å²) in [6.45, 7) is 4.81. The van der Waals surface area contributed by atoms with E-state index >= 15 is 0 Å². The van der Waals surface area contributed by atoms with Gasteiger partial charge in [0.2, 0.25) is 5.89 Å². The van der Waals surface area contributed by atoms with Crippen LogP contribution in [0.5, 0.6) is 0 Å². The molecule has 2 N–H and O–H groups in total. The average Bonchev–Trinajstić information content (AvgIpc) is 2.76. The Morgan fingerprint density at radius 3 is 2.45 bits per heavy atom. The van der Waals surface area contributed by atoms with Gasteiger partial charge in [0.1, 0.15) is 0 Å². The van der Waals surface area contributed by atoms with Crippen molar-refractivity contribution in [2.75, 3.05) is 6.54 Å². The highest BCUT2D eigenvalue weighted by Gasteiger charge is 2.42. The molecule has 20 heavy (non-hydrogen) atoms. The van der Waals surface area contributed by atoms with E-state index < -0.39 is 0 Å². The zero-order valence-corrected chi connectivity index (χ0v) is 12.1. The van der Waals surface area contributed by atoms with E-state index in [0.29, 0.717) is 13.0 Å². The van der Waals surface area contributed by atoms with Crippen molar-refractivity contribution in [2.45, 2.75) is 44.9 Å². The largest absolute Gasteiger partial charge is 0.339 e. The predicted octanol–water partition coefficient (Wildman–Crippen LogP) is 2.66. The molecule has 1 aliphatic carbocycles. The second-order valence-corrected chi connectivity index (χ2v) is 6.03. The SMILES string of the molecule is Cc1cc(C)cc(Cc2noc(C3(CN)CCC3)n2)c1. The summed E-state index contributed by atoms with van der Waals surface area (Å²) in [5.74, 6) is 1.48. The lowest BCUT2D eigenvalue weighted by atomic mass is 9.69. The van der Waals surface area contributed by atoms with Crippen LogP contribution in [0.25, 0.3) is 0 Å². The molecule has 0 unspecified atom stereocenters. The van der Waals surface area contributed by atoms with Crippen LogP contribution in [0.1, 0.15) is 47.7 Å². The van der Waals surface area contributed by atoms with E-state index in [-0.39, 0.29) is 5.41 Å². The van der Waals surface area contributed by atoms with Gasteiger partial charge in [-0.25, -0.2) is 0 Å². The molecule has 0 spiro atoms. The van der Waals surface area contributed by atoms with Gasteiger partial charge in [0.15, 0.2) is 5.82 Å². The normalized spacial score (nSPS) is 16.9. The van der Waals surface area contributed by atoms with Crippen molar-refractivity contribution in [2.24, 2.45) is 5.73 Å². The molecule has 106 valence electrons. The van der Waals surface area contributed by atoms with E-state index in [2.05, 4.69) is 42.2 Å². The molecular formula is C16H21N3O. The Morgan fingerprint density at radius 2 is 1.90 bits per heavy atom. The van der Waals surface area contributed by atoms with Crippen molar-refractivity contribution in [1.29, 1.82) is 0 Å². The van der Waals surface area contributed by atoms with E-state index in [4.69, 9.17) is 10.3 Å². The van der Waals surface area contributed by atoms with Crippen LogP contribution in [-0.2, 0) is 11.8 Å². The van der Waals surface area contributed by atoms with Crippen LogP contribution in [0.2, 0.25) is 0 Å². The smallest absolute Gasteiger partial charge is 0.234 e. The lowest BCUT2D eigenvalue weighted by molar-refractivity contribution is 0.181. The van der Waals surface area contributed by atoms with Crippen LogP contribution < -0.4 is 5.73 Å². The van der Waals surface area contributed by atoms with Gasteiger partial charge in [-0.05, 0) is 32.3 Å². The minimum absolute atomic E-state index is 0.0478. The monoisotopic (exact) mass is 271 g/mol. The molecule has 0 saturated heterocycles. The lowest BCUT2D eigenvalue weighted by Crippen LogP contribution is -2.41. The number of aromatic nitrogens is 2. The highest BCUT2D eigenvalue weighted by Crippen LogP contribution is 2.41. The first-order valence-corrected chi connectivity index (χ1v) is 7.22. The van der Waals surface area contributed by atoms with E-state index in [1.165, 1.54) is 23.1 Å². The second-order valence-electron chi connectivity index (χ2n) is 6.03. The first-order chi connectivity index (χ1) is 9.61. The van der Waals surface area contributed by atoms with Crippen molar-refractivity contribution < 1.29 is 4.52 Å². The highest BCUT2D eigenvalue weighted by atomic mass is 16.5. The molecule has 1 aromatic carbocycles. The van der Waals surface area contributed by atoms with E-state index in [1.807, 2.05) is 0 Å². The third-order valence-electron chi connectivity index (χ3n) is 4.27. The summed E-state index contributed by atoms with van der Waals surface area (Å²) in [5, 5.41) is 4.13. The number of benzene rings is 1. The fraction of sp³-hybridized carbons (Fsp3) is 0.500. The van der Waals surface area contributed by atoms with Crippen molar-refractivity contribution in [3.63, 3.8) is 0 Å². The molecule has 1 fully saturated rings. The number of hydrogen-bond acceptors (Lipinski definition) is 4. The van der Waals surface area contributed by atoms with Crippen molar-refractivity contribution in [3.05, 3.63) is 46.6 Å². The minimum atomic E-state index is -0.0478. The quantitative estimate of drug-likeness (QED) is 0.928. The van der Waals surface area contributed by atoms with Gasteiger partial charge in [0.25, 0.3) is 0 Å². The second kappa shape index (κ2) is 5.02. The molecular weight excluding hydrogens is 250 g/mol. The van der Waals surface area contributed by atoms with Crippen LogP contribution in [-0.4, -0.2) is 16.7 Å². The molecule has 4 heteroatoms. The Bertz CT molecular complexity index is 588. The summed E-state index contributed by atoms with van der Waals surface area (Å²) in [4.78, 5) is 4.57. The van der Waals surface area contributed by atoms with Gasteiger partial charge >= 0.3 is 0 Å². The highest BCUT2D eigenvalue weighted by molar-refractivity contribution is 5.30. The maximum Gasteiger partial charge on any atom is 0.234 e. The first kappa shape index (κ1) is 13.3. The Labute approximate surface area is 119 Å². The molecule has 0 atom stereocenters. The molecule has 1 heterocycles. The summed E-state index contributed by atoms with van der Waals surface area (Å²) < 4.78 is 5.45. The van der Waals surface area contributed by atoms with Gasteiger partial charge in [-0.15, -0.1) is 0 Å². The Kier molecular flexibility index (Phi) is 3.34. The predicted molar refractivity (Wildman–Crippen MR) is 77.6 cm³/mol. The Hall–Kier alpha value is -1.68. The summed E-state index contributed by atoms with van der Waals surface area (Å²) >= 11 is 0. The number of rotatable bonds is 4. The topological polar surface area (TPSA) is 64.9 Å². The van der Waals surface area contributed by atoms with E-state index in [9.17, 15) is 0 Å². The number of nitrogens with two attached hydrogens (primary N) is 1. The summed E-state index contributed by atoms with van der Waals surface area (Å²) in [6.07, 6.45) is 4.04. The van der Waals surface area contributed by atoms with Crippen LogP contribution in [0.4, 0.5) is 0 Å². The molecule has 3 rings (SSSR count). The number of aryl methyl sites for hydroxylation is 2. The zero-order valence-electron chi connectivity index (χ0n) is 12.1. The molecule has 0 bridgehead atoms. The molecule has 2 aromatic rings. The van der Waals surface area contributed by atoms with Gasteiger partial charge in [-0.3, -0.25) is 0 Å². The van der Waals surface area contributed by atoms with Gasteiger partial charge in [0.05, 0.1) is 5.41 Å². The summed E-state index contributed by atoms with van der Waals surface area (Å²) in [5.41, 5.74) is 9.58. The number of hydrogen-bond donors (Lipinski definition) is 1. The maximum absolute atomic E-state index is 5.87. The standard InChI is InChI=1S/C16H21N3O/c1-11-6-12(2)8-13(7-11)9-14-18-15(20-19-14)16(10-17)4-3-5-16/h6-8H,3-5,9-10,17H2,1-2H3. The number of nitrogens with zero attached hydrogens (tertiary/aromatic N) is 2. The molecule has 0 aliphatic heterocycles. The fourth-order valence-corrected chi connectivity index (χ4v) is 3.00. The van der Waals surface area contributed by atoms with Gasteiger partial charge < -0.3 is 10.3 Å². The van der Waals surface area contributed by atoms with Crippen molar-refractivity contribution in [3.8, 4) is 0 Å². The van der Waals surface area contributed by atoms with Crippen molar-refractivity contribution >= 4 is 0 Å². The molecule has 1 aromatic heterocycles. The van der Waals surface area contributed by atoms with Gasteiger partial charge in [-0.1, -0.05) is 40.9 Å². The van der Waals surface area contributed by atoms with E-state index in [1.54, 1.807) is 0 Å². The first-order valence-electron chi connectivity index (χ1n) is 7.22. The van der Waals surface area contributed by atoms with Crippen LogP contribution in [0.15, 0.2) is 22.7 Å². The van der Waals surface area contributed by atoms with Crippen LogP contribution in [0, 0.1) is 13.8 Å². The molecule has 4 nitrogen and oxygen atoms in total. The van der Waals surface area contributed by atoms with Gasteiger partial charge in [-0.2, -0.15) is 4.98 Å². The Morgan fingerprint density at radius 1 is 1.20 bits per heavy atom. The van der Waals surface area contributed by atoms with Crippen LogP contribution in [0.3, 0.4) is 0 Å². The Balaban J connectivity index is 1.80. The molecule has 0 radical (unpaired) electrons. The van der Waals surface area contributed by atoms with E-state index in [0.717, 1.165) is 24.6 Å². The van der Waals surface area contributed by atoms with Gasteiger partial charge in [0, 0.05) is 13.0 Å². The zero-order chi connectivity index (χ0) is 14.2. The van der Waals surface area contributed by atoms with Crippen LogP contribution >= 0.6 is 0 Å². The third kappa shape index (κ3) is 2.36. The third-order valence-corrected chi connectivity index (χ3v) is 4.27. The average molecular weight is 271 g/mol. The maximum atomic E-state index is 5.87. The molecule has 1 saturated carbocycles. The summed E-state index contributed by atoms with van der Waals surface area (Å²) in [6, 6.07) is 6.51. The molecule has 0 amide bonds. The minimum Gasteiger partial charge on any atom is -0.339 e. The van der Waals surface area contributed by atoms with Crippen molar-refractivity contribution in [1.82, 2.24) is 10.1 Å². The fourth-order valence-electron chi connectivity index (χ4n) is 3.00. The summed E-state index contributed by atoms with van der Waals surface area (Å²) in [7, 11) is 0. The molecule has 1 aliphatic rings. The lowest BCUT2D eigenvalue weighted by Gasteiger charge is -2.36.